The number of hydrogen-bond acceptors (Lipinski definition) is 2. The highest BCUT2D eigenvalue weighted by Gasteiger charge is 2.21. The van der Waals surface area contributed by atoms with Crippen LogP contribution in [0.2, 0.25) is 0 Å². The maximum atomic E-state index is 13.6. The van der Waals surface area contributed by atoms with E-state index < -0.39 is 15.1 Å². The number of benzene rings is 1. The molecule has 0 bridgehead atoms. The van der Waals surface area contributed by atoms with Crippen molar-refractivity contribution in [1.29, 1.82) is 0 Å². The molecule has 0 saturated carbocycles. The molecule has 0 radical (unpaired) electrons. The lowest BCUT2D eigenvalue weighted by Gasteiger charge is -2.16. The van der Waals surface area contributed by atoms with Crippen LogP contribution in [0.5, 0.6) is 0 Å². The van der Waals surface area contributed by atoms with Crippen LogP contribution in [0.15, 0.2) is 24.3 Å². The number of hydrogen-bond donors (Lipinski definition) is 0. The van der Waals surface area contributed by atoms with Gasteiger partial charge in [-0.15, -0.1) is 11.6 Å². The zero-order valence-electron chi connectivity index (χ0n) is 10.6. The Morgan fingerprint density at radius 2 is 1.89 bits per heavy atom. The minimum Gasteiger partial charge on any atom is -0.229 e. The van der Waals surface area contributed by atoms with E-state index in [1.54, 1.807) is 32.0 Å². The number of alkyl halides is 1. The predicted molar refractivity (Wildman–Crippen MR) is 73.4 cm³/mol. The van der Waals surface area contributed by atoms with Gasteiger partial charge in [0.25, 0.3) is 0 Å². The molecule has 18 heavy (non-hydrogen) atoms. The summed E-state index contributed by atoms with van der Waals surface area (Å²) in [5, 5.41) is -0.408. The van der Waals surface area contributed by atoms with Crippen LogP contribution in [0, 0.1) is 5.82 Å². The van der Waals surface area contributed by atoms with Gasteiger partial charge in [-0.25, -0.2) is 12.8 Å². The summed E-state index contributed by atoms with van der Waals surface area (Å²) >= 11 is 5.82. The molecule has 0 aliphatic carbocycles. The molecule has 5 heteroatoms. The SMILES string of the molecule is CC(C)S(=O)(=O)CCC(CCl)c1ccccc1F. The van der Waals surface area contributed by atoms with Crippen molar-refractivity contribution in [3.8, 4) is 0 Å². The second-order valence-electron chi connectivity index (χ2n) is 4.58. The summed E-state index contributed by atoms with van der Waals surface area (Å²) in [6, 6.07) is 6.36. The molecule has 1 rings (SSSR count). The smallest absolute Gasteiger partial charge is 0.152 e. The summed E-state index contributed by atoms with van der Waals surface area (Å²) < 4.78 is 37.1. The summed E-state index contributed by atoms with van der Waals surface area (Å²) in [6.45, 7) is 3.29. The van der Waals surface area contributed by atoms with Crippen LogP contribution in [0.4, 0.5) is 4.39 Å². The number of sulfone groups is 1. The van der Waals surface area contributed by atoms with Gasteiger partial charge in [0.2, 0.25) is 0 Å². The van der Waals surface area contributed by atoms with Gasteiger partial charge in [-0.05, 0) is 31.9 Å². The van der Waals surface area contributed by atoms with Gasteiger partial charge in [0.05, 0.1) is 11.0 Å². The first kappa shape index (κ1) is 15.4. The van der Waals surface area contributed by atoms with Crippen molar-refractivity contribution >= 4 is 21.4 Å². The molecule has 0 N–H and O–H groups in total. The lowest BCUT2D eigenvalue weighted by atomic mass is 9.98. The zero-order chi connectivity index (χ0) is 13.8. The average Bonchev–Trinajstić information content (AvgIpc) is 2.31. The van der Waals surface area contributed by atoms with Crippen molar-refractivity contribution in [3.63, 3.8) is 0 Å². The van der Waals surface area contributed by atoms with Gasteiger partial charge in [-0.2, -0.15) is 0 Å². The third-order valence-electron chi connectivity index (χ3n) is 3.00. The van der Waals surface area contributed by atoms with Crippen molar-refractivity contribution in [3.05, 3.63) is 35.6 Å². The second kappa shape index (κ2) is 6.53. The van der Waals surface area contributed by atoms with Crippen molar-refractivity contribution in [2.24, 2.45) is 0 Å². The van der Waals surface area contributed by atoms with E-state index in [4.69, 9.17) is 11.6 Å². The summed E-state index contributed by atoms with van der Waals surface area (Å²) in [6.07, 6.45) is 0.352. The molecule has 0 fully saturated rings. The van der Waals surface area contributed by atoms with Crippen molar-refractivity contribution in [1.82, 2.24) is 0 Å². The molecule has 0 spiro atoms. The van der Waals surface area contributed by atoms with E-state index in [9.17, 15) is 12.8 Å². The zero-order valence-corrected chi connectivity index (χ0v) is 12.1. The summed E-state index contributed by atoms with van der Waals surface area (Å²) in [7, 11) is -3.11. The first-order chi connectivity index (χ1) is 8.38. The first-order valence-corrected chi connectivity index (χ1v) is 8.15. The van der Waals surface area contributed by atoms with Gasteiger partial charge in [0.1, 0.15) is 5.82 Å². The molecule has 2 nitrogen and oxygen atoms in total. The van der Waals surface area contributed by atoms with Gasteiger partial charge >= 0.3 is 0 Å². The number of halogens is 2. The monoisotopic (exact) mass is 292 g/mol. The third-order valence-corrected chi connectivity index (χ3v) is 5.61. The van der Waals surface area contributed by atoms with E-state index in [1.165, 1.54) is 6.07 Å². The molecule has 0 saturated heterocycles. The first-order valence-electron chi connectivity index (χ1n) is 5.90. The highest BCUT2D eigenvalue weighted by molar-refractivity contribution is 7.91. The van der Waals surface area contributed by atoms with E-state index in [0.717, 1.165) is 0 Å². The fraction of sp³-hybridized carbons (Fsp3) is 0.538. The van der Waals surface area contributed by atoms with Crippen LogP contribution in [-0.2, 0) is 9.84 Å². The minimum absolute atomic E-state index is 0.0381. The van der Waals surface area contributed by atoms with Crippen LogP contribution in [0.3, 0.4) is 0 Å². The van der Waals surface area contributed by atoms with Crippen molar-refractivity contribution in [2.75, 3.05) is 11.6 Å². The predicted octanol–water partition coefficient (Wildman–Crippen LogP) is 3.36. The quantitative estimate of drug-likeness (QED) is 0.754. The molecular formula is C13H18ClFO2S. The molecule has 1 aromatic rings. The molecule has 0 aliphatic rings. The standard InChI is InChI=1S/C13H18ClFO2S/c1-10(2)18(16,17)8-7-11(9-14)12-5-3-4-6-13(12)15/h3-6,10-11H,7-9H2,1-2H3. The molecule has 1 atom stereocenters. The van der Waals surface area contributed by atoms with Gasteiger partial charge in [-0.3, -0.25) is 0 Å². The Kier molecular flexibility index (Phi) is 5.60. The molecule has 0 aromatic heterocycles. The van der Waals surface area contributed by atoms with E-state index in [0.29, 0.717) is 12.0 Å². The van der Waals surface area contributed by atoms with Crippen LogP contribution in [0.1, 0.15) is 31.7 Å². The van der Waals surface area contributed by atoms with Crippen LogP contribution < -0.4 is 0 Å². The van der Waals surface area contributed by atoms with Crippen LogP contribution in [0.25, 0.3) is 0 Å². The minimum atomic E-state index is -3.11. The summed E-state index contributed by atoms with van der Waals surface area (Å²) in [5.74, 6) is -0.336. The van der Waals surface area contributed by atoms with Crippen LogP contribution >= 0.6 is 11.6 Å². The van der Waals surface area contributed by atoms with Gasteiger partial charge in [-0.1, -0.05) is 18.2 Å². The second-order valence-corrected chi connectivity index (χ2v) is 7.56. The lowest BCUT2D eigenvalue weighted by molar-refractivity contribution is 0.567. The third kappa shape index (κ3) is 3.95. The average molecular weight is 293 g/mol. The van der Waals surface area contributed by atoms with Gasteiger partial charge < -0.3 is 0 Å². The van der Waals surface area contributed by atoms with Crippen molar-refractivity contribution < 1.29 is 12.8 Å². The molecular weight excluding hydrogens is 275 g/mol. The highest BCUT2D eigenvalue weighted by atomic mass is 35.5. The molecule has 0 aliphatic heterocycles. The molecule has 102 valence electrons. The molecule has 1 unspecified atom stereocenters. The molecule has 0 amide bonds. The Hall–Kier alpha value is -0.610. The maximum Gasteiger partial charge on any atom is 0.152 e. The Labute approximate surface area is 113 Å². The van der Waals surface area contributed by atoms with E-state index in [1.807, 2.05) is 0 Å². The Bertz CT molecular complexity index is 486. The number of rotatable bonds is 6. The van der Waals surface area contributed by atoms with Crippen LogP contribution in [-0.4, -0.2) is 25.3 Å². The topological polar surface area (TPSA) is 34.1 Å². The largest absolute Gasteiger partial charge is 0.229 e. The summed E-state index contributed by atoms with van der Waals surface area (Å²) in [5.41, 5.74) is 0.492. The summed E-state index contributed by atoms with van der Waals surface area (Å²) in [4.78, 5) is 0. The normalized spacial score (nSPS) is 13.8. The van der Waals surface area contributed by atoms with Gasteiger partial charge in [0, 0.05) is 11.8 Å². The van der Waals surface area contributed by atoms with E-state index in [-0.39, 0.29) is 23.4 Å². The molecule has 1 aromatic carbocycles. The highest BCUT2D eigenvalue weighted by Crippen LogP contribution is 2.25. The Morgan fingerprint density at radius 3 is 2.39 bits per heavy atom. The Balaban J connectivity index is 2.79. The lowest BCUT2D eigenvalue weighted by Crippen LogP contribution is -2.20. The maximum absolute atomic E-state index is 13.6. The fourth-order valence-corrected chi connectivity index (χ4v) is 3.07. The van der Waals surface area contributed by atoms with E-state index >= 15 is 0 Å². The Morgan fingerprint density at radius 1 is 1.28 bits per heavy atom. The van der Waals surface area contributed by atoms with E-state index in [2.05, 4.69) is 0 Å². The van der Waals surface area contributed by atoms with Crippen molar-refractivity contribution in [2.45, 2.75) is 31.4 Å². The molecule has 0 heterocycles. The van der Waals surface area contributed by atoms with Gasteiger partial charge in [0.15, 0.2) is 9.84 Å². The fourth-order valence-electron chi connectivity index (χ4n) is 1.66.